The van der Waals surface area contributed by atoms with Gasteiger partial charge in [0.2, 0.25) is 0 Å². The van der Waals surface area contributed by atoms with E-state index in [2.05, 4.69) is 23.2 Å². The van der Waals surface area contributed by atoms with Crippen LogP contribution in [0.15, 0.2) is 48.8 Å². The van der Waals surface area contributed by atoms with E-state index in [-0.39, 0.29) is 6.61 Å². The maximum absolute atomic E-state index is 9.67. The van der Waals surface area contributed by atoms with E-state index in [1.165, 1.54) is 0 Å². The molecular weight excluding hydrogens is 302 g/mol. The van der Waals surface area contributed by atoms with Crippen LogP contribution in [-0.2, 0) is 6.61 Å². The summed E-state index contributed by atoms with van der Waals surface area (Å²) in [5.41, 5.74) is 5.70. The Morgan fingerprint density at radius 3 is 2.75 bits per heavy atom. The summed E-state index contributed by atoms with van der Waals surface area (Å²) in [4.78, 5) is 0. The Morgan fingerprint density at radius 1 is 1.12 bits per heavy atom. The van der Waals surface area contributed by atoms with E-state index in [0.717, 1.165) is 44.6 Å². The molecule has 4 rings (SSSR count). The highest BCUT2D eigenvalue weighted by Crippen LogP contribution is 2.37. The van der Waals surface area contributed by atoms with Crippen LogP contribution >= 0.6 is 0 Å². The molecule has 0 saturated heterocycles. The zero-order valence-corrected chi connectivity index (χ0v) is 13.5. The van der Waals surface area contributed by atoms with Crippen LogP contribution in [-0.4, -0.2) is 26.8 Å². The topological polar surface area (TPSA) is 59.7 Å². The zero-order valence-electron chi connectivity index (χ0n) is 13.5. The van der Waals surface area contributed by atoms with Crippen LogP contribution in [0.5, 0.6) is 5.75 Å². The molecule has 2 aromatic heterocycles. The number of nitrogens with zero attached hydrogens (tertiary/aromatic N) is 3. The van der Waals surface area contributed by atoms with Crippen molar-refractivity contribution in [1.82, 2.24) is 14.6 Å². The predicted octanol–water partition coefficient (Wildman–Crippen LogP) is 3.36. The van der Waals surface area contributed by atoms with Gasteiger partial charge >= 0.3 is 0 Å². The Kier molecular flexibility index (Phi) is 3.43. The number of aromatic nitrogens is 3. The first-order valence-corrected chi connectivity index (χ1v) is 7.73. The number of pyridine rings is 1. The average Bonchev–Trinajstić information content (AvgIpc) is 3.09. The van der Waals surface area contributed by atoms with Crippen molar-refractivity contribution in [3.63, 3.8) is 0 Å². The second-order valence-electron chi connectivity index (χ2n) is 5.77. The Balaban J connectivity index is 2.11. The van der Waals surface area contributed by atoms with Crippen LogP contribution in [0, 0.1) is 6.92 Å². The van der Waals surface area contributed by atoms with Crippen LogP contribution in [0.1, 0.15) is 11.1 Å². The standard InChI is InChI=1S/C19H17N3O2/c1-12-7-19-21-20-11-22(19)17-8-16(18(24-2)9-15(12)17)14-6-4-3-5-13(14)10-23/h3-9,11,23H,10H2,1-2H3. The molecule has 0 atom stereocenters. The zero-order chi connectivity index (χ0) is 16.7. The Labute approximate surface area is 139 Å². The number of hydrogen-bond acceptors (Lipinski definition) is 4. The summed E-state index contributed by atoms with van der Waals surface area (Å²) in [6, 6.07) is 13.9. The van der Waals surface area contributed by atoms with E-state index in [1.54, 1.807) is 13.4 Å². The van der Waals surface area contributed by atoms with E-state index >= 15 is 0 Å². The van der Waals surface area contributed by atoms with Gasteiger partial charge in [-0.1, -0.05) is 24.3 Å². The smallest absolute Gasteiger partial charge is 0.161 e. The number of rotatable bonds is 3. The van der Waals surface area contributed by atoms with Gasteiger partial charge in [0.1, 0.15) is 12.1 Å². The molecule has 5 nitrogen and oxygen atoms in total. The second-order valence-corrected chi connectivity index (χ2v) is 5.77. The van der Waals surface area contributed by atoms with E-state index in [1.807, 2.05) is 40.8 Å². The lowest BCUT2D eigenvalue weighted by Crippen LogP contribution is -1.96. The molecule has 120 valence electrons. The molecule has 4 aromatic rings. The molecule has 0 spiro atoms. The van der Waals surface area contributed by atoms with Crippen molar-refractivity contribution in [3.8, 4) is 16.9 Å². The Morgan fingerprint density at radius 2 is 1.96 bits per heavy atom. The van der Waals surface area contributed by atoms with E-state index < -0.39 is 0 Å². The normalized spacial score (nSPS) is 11.3. The molecule has 0 fully saturated rings. The van der Waals surface area contributed by atoms with Gasteiger partial charge in [-0.15, -0.1) is 10.2 Å². The minimum atomic E-state index is -0.0206. The minimum Gasteiger partial charge on any atom is -0.496 e. The van der Waals surface area contributed by atoms with Crippen molar-refractivity contribution in [2.24, 2.45) is 0 Å². The molecule has 0 aliphatic heterocycles. The summed E-state index contributed by atoms with van der Waals surface area (Å²) in [5.74, 6) is 0.777. The highest BCUT2D eigenvalue weighted by Gasteiger charge is 2.14. The van der Waals surface area contributed by atoms with Crippen LogP contribution in [0.3, 0.4) is 0 Å². The first-order chi connectivity index (χ1) is 11.7. The summed E-state index contributed by atoms with van der Waals surface area (Å²) < 4.78 is 7.60. The van der Waals surface area contributed by atoms with Crippen molar-refractivity contribution in [2.75, 3.05) is 7.11 Å². The van der Waals surface area contributed by atoms with Gasteiger partial charge < -0.3 is 9.84 Å². The van der Waals surface area contributed by atoms with E-state index in [0.29, 0.717) is 0 Å². The fourth-order valence-corrected chi connectivity index (χ4v) is 3.18. The van der Waals surface area contributed by atoms with Crippen molar-refractivity contribution >= 4 is 16.6 Å². The summed E-state index contributed by atoms with van der Waals surface area (Å²) in [5, 5.41) is 18.9. The number of benzene rings is 2. The lowest BCUT2D eigenvalue weighted by atomic mass is 9.96. The number of ether oxygens (including phenoxy) is 1. The molecule has 0 unspecified atom stereocenters. The van der Waals surface area contributed by atoms with Gasteiger partial charge in [-0.3, -0.25) is 4.40 Å². The SMILES string of the molecule is COc1cc2c(C)cc3nncn3c2cc1-c1ccccc1CO. The summed E-state index contributed by atoms with van der Waals surface area (Å²) in [6.45, 7) is 2.03. The number of fused-ring (bicyclic) bond motifs is 3. The molecule has 0 amide bonds. The molecule has 0 aliphatic carbocycles. The summed E-state index contributed by atoms with van der Waals surface area (Å²) >= 11 is 0. The third-order valence-electron chi connectivity index (χ3n) is 4.40. The molecule has 24 heavy (non-hydrogen) atoms. The predicted molar refractivity (Wildman–Crippen MR) is 93.1 cm³/mol. The molecule has 0 bridgehead atoms. The fourth-order valence-electron chi connectivity index (χ4n) is 3.18. The van der Waals surface area contributed by atoms with Crippen molar-refractivity contribution < 1.29 is 9.84 Å². The van der Waals surface area contributed by atoms with Gasteiger partial charge in [0.15, 0.2) is 5.65 Å². The van der Waals surface area contributed by atoms with E-state index in [9.17, 15) is 5.11 Å². The lowest BCUT2D eigenvalue weighted by molar-refractivity contribution is 0.282. The fraction of sp³-hybridized carbons (Fsp3) is 0.158. The minimum absolute atomic E-state index is 0.0206. The van der Waals surface area contributed by atoms with Gasteiger partial charge in [-0.05, 0) is 41.8 Å². The van der Waals surface area contributed by atoms with Crippen molar-refractivity contribution in [1.29, 1.82) is 0 Å². The number of hydrogen-bond donors (Lipinski definition) is 1. The number of methoxy groups -OCH3 is 1. The number of aliphatic hydroxyl groups excluding tert-OH is 1. The van der Waals surface area contributed by atoms with Crippen LogP contribution in [0.25, 0.3) is 27.7 Å². The third-order valence-corrected chi connectivity index (χ3v) is 4.40. The average molecular weight is 319 g/mol. The first kappa shape index (κ1) is 14.7. The molecule has 1 N–H and O–H groups in total. The van der Waals surface area contributed by atoms with Gasteiger partial charge in [-0.25, -0.2) is 0 Å². The van der Waals surface area contributed by atoms with Gasteiger partial charge in [0, 0.05) is 10.9 Å². The molecule has 0 radical (unpaired) electrons. The van der Waals surface area contributed by atoms with E-state index in [4.69, 9.17) is 4.74 Å². The highest BCUT2D eigenvalue weighted by atomic mass is 16.5. The van der Waals surface area contributed by atoms with Crippen LogP contribution < -0.4 is 4.74 Å². The van der Waals surface area contributed by atoms with Crippen LogP contribution in [0.4, 0.5) is 0 Å². The molecule has 0 aliphatic rings. The second kappa shape index (κ2) is 5.62. The maximum atomic E-state index is 9.67. The quantitative estimate of drug-likeness (QED) is 0.629. The third kappa shape index (κ3) is 2.13. The molecule has 2 aromatic carbocycles. The lowest BCUT2D eigenvalue weighted by Gasteiger charge is -2.15. The van der Waals surface area contributed by atoms with Crippen molar-refractivity contribution in [3.05, 3.63) is 59.9 Å². The first-order valence-electron chi connectivity index (χ1n) is 7.73. The van der Waals surface area contributed by atoms with Gasteiger partial charge in [0.05, 0.1) is 19.2 Å². The van der Waals surface area contributed by atoms with Crippen LogP contribution in [0.2, 0.25) is 0 Å². The largest absolute Gasteiger partial charge is 0.496 e. The molecular formula is C19H17N3O2. The van der Waals surface area contributed by atoms with Gasteiger partial charge in [-0.2, -0.15) is 0 Å². The molecule has 5 heteroatoms. The maximum Gasteiger partial charge on any atom is 0.161 e. The number of aliphatic hydroxyl groups is 1. The van der Waals surface area contributed by atoms with Gasteiger partial charge in [0.25, 0.3) is 0 Å². The monoisotopic (exact) mass is 319 g/mol. The summed E-state index contributed by atoms with van der Waals surface area (Å²) in [7, 11) is 1.67. The Bertz CT molecular complexity index is 1050. The molecule has 2 heterocycles. The number of aryl methyl sites for hydroxylation is 1. The molecule has 0 saturated carbocycles. The Hall–Kier alpha value is -2.92. The van der Waals surface area contributed by atoms with Crippen molar-refractivity contribution in [2.45, 2.75) is 13.5 Å². The highest BCUT2D eigenvalue weighted by molar-refractivity contribution is 5.92. The summed E-state index contributed by atoms with van der Waals surface area (Å²) in [6.07, 6.45) is 1.71.